The smallest absolute Gasteiger partial charge is 0.338 e. The molecule has 1 aromatic heterocycles. The Labute approximate surface area is 150 Å². The number of carbonyl (C=O) groups excluding carboxylic acids is 2. The molecule has 26 heavy (non-hydrogen) atoms. The van der Waals surface area contributed by atoms with E-state index >= 15 is 0 Å². The maximum Gasteiger partial charge on any atom is 0.338 e. The normalized spacial score (nSPS) is 13.5. The highest BCUT2D eigenvalue weighted by Crippen LogP contribution is 2.27. The lowest BCUT2D eigenvalue weighted by atomic mass is 10.0. The lowest BCUT2D eigenvalue weighted by Gasteiger charge is -2.29. The molecule has 1 aliphatic heterocycles. The van der Waals surface area contributed by atoms with E-state index in [4.69, 9.17) is 9.15 Å². The second-order valence-electron chi connectivity index (χ2n) is 6.20. The Bertz CT molecular complexity index is 963. The van der Waals surface area contributed by atoms with Gasteiger partial charge in [-0.25, -0.2) is 9.78 Å². The number of ether oxygens (including phenoxy) is 1. The van der Waals surface area contributed by atoms with Crippen LogP contribution >= 0.6 is 0 Å². The number of nitrogens with zero attached hydrogens (tertiary/aromatic N) is 2. The van der Waals surface area contributed by atoms with Gasteiger partial charge < -0.3 is 14.1 Å². The van der Waals surface area contributed by atoms with Crippen LogP contribution in [0.5, 0.6) is 0 Å². The predicted molar refractivity (Wildman–Crippen MR) is 96.0 cm³/mol. The highest BCUT2D eigenvalue weighted by atomic mass is 16.5. The van der Waals surface area contributed by atoms with Gasteiger partial charge in [0.2, 0.25) is 5.91 Å². The number of hydrogen-bond donors (Lipinski definition) is 0. The molecule has 4 rings (SSSR count). The summed E-state index contributed by atoms with van der Waals surface area (Å²) in [6, 6.07) is 12.8. The fourth-order valence-electron chi connectivity index (χ4n) is 3.23. The van der Waals surface area contributed by atoms with Crippen molar-refractivity contribution in [2.24, 2.45) is 0 Å². The third-order valence-electron chi connectivity index (χ3n) is 4.53. The van der Waals surface area contributed by atoms with E-state index in [1.165, 1.54) is 12.0 Å². The summed E-state index contributed by atoms with van der Waals surface area (Å²) in [7, 11) is 0. The summed E-state index contributed by atoms with van der Waals surface area (Å²) in [5, 5.41) is 0. The summed E-state index contributed by atoms with van der Waals surface area (Å²) in [6.45, 7) is 0.750. The summed E-state index contributed by atoms with van der Waals surface area (Å²) in [4.78, 5) is 30.5. The Kier molecular flexibility index (Phi) is 4.39. The lowest BCUT2D eigenvalue weighted by Crippen LogP contribution is -2.36. The number of amides is 1. The van der Waals surface area contributed by atoms with Crippen LogP contribution in [0, 0.1) is 0 Å². The molecular formula is C20H18N2O4. The van der Waals surface area contributed by atoms with Crippen molar-refractivity contribution in [2.45, 2.75) is 19.3 Å². The first-order valence-electron chi connectivity index (χ1n) is 8.61. The topological polar surface area (TPSA) is 72.6 Å². The third kappa shape index (κ3) is 3.18. The molecule has 6 nitrogen and oxygen atoms in total. The Hall–Kier alpha value is -3.15. The highest BCUT2D eigenvalue weighted by Gasteiger charge is 2.22. The van der Waals surface area contributed by atoms with Gasteiger partial charge in [-0.05, 0) is 42.7 Å². The largest absolute Gasteiger partial charge is 0.462 e. The van der Waals surface area contributed by atoms with Crippen LogP contribution in [0.1, 0.15) is 28.8 Å². The number of aryl methyl sites for hydroxylation is 1. The number of oxazole rings is 1. The van der Waals surface area contributed by atoms with Crippen LogP contribution in [0.15, 0.2) is 53.3 Å². The molecule has 1 aliphatic rings. The van der Waals surface area contributed by atoms with Crippen LogP contribution in [-0.4, -0.2) is 30.0 Å². The van der Waals surface area contributed by atoms with Crippen molar-refractivity contribution >= 4 is 28.7 Å². The maximum atomic E-state index is 12.5. The van der Waals surface area contributed by atoms with Crippen molar-refractivity contribution in [3.8, 4) is 0 Å². The van der Waals surface area contributed by atoms with E-state index in [9.17, 15) is 9.59 Å². The standard InChI is InChI=1S/C20H18N2O4/c23-19(22-10-3-5-14-4-1-2-6-17(14)22)9-11-25-20(24)15-7-8-18-16(12-15)21-13-26-18/h1-2,4,6-8,12-13H,3,5,9-11H2. The number of carbonyl (C=O) groups is 2. The molecule has 2 aromatic carbocycles. The molecule has 0 atom stereocenters. The number of esters is 1. The first kappa shape index (κ1) is 16.3. The van der Waals surface area contributed by atoms with E-state index in [0.29, 0.717) is 23.2 Å². The molecule has 0 saturated heterocycles. The van der Waals surface area contributed by atoms with Gasteiger partial charge >= 0.3 is 5.97 Å². The molecule has 0 fully saturated rings. The predicted octanol–water partition coefficient (Wildman–Crippen LogP) is 3.35. The van der Waals surface area contributed by atoms with E-state index < -0.39 is 5.97 Å². The van der Waals surface area contributed by atoms with Crippen molar-refractivity contribution in [2.75, 3.05) is 18.1 Å². The van der Waals surface area contributed by atoms with Crippen molar-refractivity contribution < 1.29 is 18.7 Å². The quantitative estimate of drug-likeness (QED) is 0.675. The van der Waals surface area contributed by atoms with Gasteiger partial charge in [-0.3, -0.25) is 4.79 Å². The summed E-state index contributed by atoms with van der Waals surface area (Å²) >= 11 is 0. The van der Waals surface area contributed by atoms with Crippen molar-refractivity contribution in [3.63, 3.8) is 0 Å². The van der Waals surface area contributed by atoms with Crippen LogP contribution in [0.25, 0.3) is 11.1 Å². The van der Waals surface area contributed by atoms with Crippen LogP contribution in [-0.2, 0) is 16.0 Å². The Morgan fingerprint density at radius 1 is 1.19 bits per heavy atom. The van der Waals surface area contributed by atoms with E-state index in [2.05, 4.69) is 11.1 Å². The third-order valence-corrected chi connectivity index (χ3v) is 4.53. The minimum atomic E-state index is -0.471. The molecule has 1 amide bonds. The molecule has 2 heterocycles. The fraction of sp³-hybridized carbons (Fsp3) is 0.250. The molecule has 0 radical (unpaired) electrons. The van der Waals surface area contributed by atoms with Gasteiger partial charge in [-0.1, -0.05) is 18.2 Å². The van der Waals surface area contributed by atoms with Gasteiger partial charge in [0.05, 0.1) is 12.0 Å². The molecule has 0 saturated carbocycles. The molecule has 6 heteroatoms. The average Bonchev–Trinajstić information content (AvgIpc) is 3.15. The van der Waals surface area contributed by atoms with E-state index in [1.54, 1.807) is 23.1 Å². The number of aromatic nitrogens is 1. The van der Waals surface area contributed by atoms with E-state index in [-0.39, 0.29) is 18.9 Å². The van der Waals surface area contributed by atoms with E-state index in [1.807, 2.05) is 18.2 Å². The van der Waals surface area contributed by atoms with Gasteiger partial charge in [-0.2, -0.15) is 0 Å². The fourth-order valence-corrected chi connectivity index (χ4v) is 3.23. The second kappa shape index (κ2) is 7.00. The molecule has 3 aromatic rings. The summed E-state index contributed by atoms with van der Waals surface area (Å²) < 4.78 is 10.4. The van der Waals surface area contributed by atoms with Crippen molar-refractivity contribution in [1.82, 2.24) is 4.98 Å². The van der Waals surface area contributed by atoms with Gasteiger partial charge in [-0.15, -0.1) is 0 Å². The summed E-state index contributed by atoms with van der Waals surface area (Å²) in [5.74, 6) is -0.501. The van der Waals surface area contributed by atoms with Crippen molar-refractivity contribution in [1.29, 1.82) is 0 Å². The zero-order valence-electron chi connectivity index (χ0n) is 14.2. The first-order chi connectivity index (χ1) is 12.7. The zero-order valence-corrected chi connectivity index (χ0v) is 14.2. The monoisotopic (exact) mass is 350 g/mol. The van der Waals surface area contributed by atoms with Gasteiger partial charge in [0.25, 0.3) is 0 Å². The van der Waals surface area contributed by atoms with Gasteiger partial charge in [0, 0.05) is 12.2 Å². The number of benzene rings is 2. The van der Waals surface area contributed by atoms with Crippen LogP contribution in [0.3, 0.4) is 0 Å². The first-order valence-corrected chi connectivity index (χ1v) is 8.61. The minimum Gasteiger partial charge on any atom is -0.462 e. The molecule has 132 valence electrons. The summed E-state index contributed by atoms with van der Waals surface area (Å²) in [5.41, 5.74) is 3.75. The Balaban J connectivity index is 1.36. The van der Waals surface area contributed by atoms with Crippen LogP contribution in [0.2, 0.25) is 0 Å². The number of hydrogen-bond acceptors (Lipinski definition) is 5. The Morgan fingerprint density at radius 3 is 3.00 bits per heavy atom. The van der Waals surface area contributed by atoms with Gasteiger partial charge in [0.15, 0.2) is 12.0 Å². The number of para-hydroxylation sites is 1. The molecular weight excluding hydrogens is 332 g/mol. The van der Waals surface area contributed by atoms with E-state index in [0.717, 1.165) is 18.5 Å². The minimum absolute atomic E-state index is 0.0306. The molecule has 0 aliphatic carbocycles. The second-order valence-corrected chi connectivity index (χ2v) is 6.20. The van der Waals surface area contributed by atoms with Crippen LogP contribution < -0.4 is 4.90 Å². The number of anilines is 1. The molecule has 0 N–H and O–H groups in total. The van der Waals surface area contributed by atoms with Crippen LogP contribution in [0.4, 0.5) is 5.69 Å². The SMILES string of the molecule is O=C(OCCC(=O)N1CCCc2ccccc21)c1ccc2ocnc2c1. The summed E-state index contributed by atoms with van der Waals surface area (Å²) in [6.07, 6.45) is 3.42. The molecule has 0 spiro atoms. The number of rotatable bonds is 4. The zero-order chi connectivity index (χ0) is 17.9. The number of fused-ring (bicyclic) bond motifs is 2. The highest BCUT2D eigenvalue weighted by molar-refractivity contribution is 5.95. The lowest BCUT2D eigenvalue weighted by molar-refractivity contribution is -0.119. The molecule has 0 bridgehead atoms. The van der Waals surface area contributed by atoms with Crippen molar-refractivity contribution in [3.05, 3.63) is 60.0 Å². The average molecular weight is 350 g/mol. The Morgan fingerprint density at radius 2 is 2.08 bits per heavy atom. The maximum absolute atomic E-state index is 12.5. The van der Waals surface area contributed by atoms with Gasteiger partial charge in [0.1, 0.15) is 12.1 Å². The molecule has 0 unspecified atom stereocenters.